The molecule has 5 nitrogen and oxygen atoms in total. The molecule has 0 bridgehead atoms. The first-order valence-corrected chi connectivity index (χ1v) is 6.03. The number of fused-ring (bicyclic) bond motifs is 1. The highest BCUT2D eigenvalue weighted by atomic mass is 35.5. The average molecular weight is 275 g/mol. The Hall–Kier alpha value is -2.27. The number of ether oxygens (including phenoxy) is 1. The van der Waals surface area contributed by atoms with E-state index in [-0.39, 0.29) is 0 Å². The maximum Gasteiger partial charge on any atom is 0.148 e. The average Bonchev–Trinajstić information content (AvgIpc) is 2.81. The molecule has 0 radical (unpaired) electrons. The van der Waals surface area contributed by atoms with Gasteiger partial charge < -0.3 is 10.1 Å². The Labute approximate surface area is 114 Å². The van der Waals surface area contributed by atoms with Crippen LogP contribution in [0.4, 0.5) is 11.4 Å². The zero-order valence-corrected chi connectivity index (χ0v) is 10.9. The van der Waals surface area contributed by atoms with Crippen LogP contribution in [0.5, 0.6) is 5.75 Å². The van der Waals surface area contributed by atoms with Crippen LogP contribution < -0.4 is 10.1 Å². The van der Waals surface area contributed by atoms with Crippen molar-refractivity contribution in [1.29, 1.82) is 0 Å². The van der Waals surface area contributed by atoms with Gasteiger partial charge in [0.2, 0.25) is 0 Å². The number of anilines is 2. The van der Waals surface area contributed by atoms with Gasteiger partial charge in [0.05, 0.1) is 30.2 Å². The lowest BCUT2D eigenvalue weighted by Gasteiger charge is -2.09. The van der Waals surface area contributed by atoms with Gasteiger partial charge in [0.1, 0.15) is 11.3 Å². The van der Waals surface area contributed by atoms with Gasteiger partial charge >= 0.3 is 0 Å². The summed E-state index contributed by atoms with van der Waals surface area (Å²) in [6.07, 6.45) is 6.89. The number of pyridine rings is 2. The van der Waals surface area contributed by atoms with E-state index in [0.29, 0.717) is 10.8 Å². The molecule has 0 amide bonds. The third kappa shape index (κ3) is 2.20. The molecule has 0 unspecified atom stereocenters. The summed E-state index contributed by atoms with van der Waals surface area (Å²) < 4.78 is 7.03. The van der Waals surface area contributed by atoms with Crippen LogP contribution in [0.1, 0.15) is 0 Å². The highest BCUT2D eigenvalue weighted by Gasteiger charge is 2.10. The van der Waals surface area contributed by atoms with E-state index in [0.717, 1.165) is 16.9 Å². The highest BCUT2D eigenvalue weighted by Crippen LogP contribution is 2.30. The Balaban J connectivity index is 2.05. The summed E-state index contributed by atoms with van der Waals surface area (Å²) in [6, 6.07) is 5.64. The SMILES string of the molecule is COc1cc(Nc2ccncc2)cn2ncc(Cl)c12. The Bertz CT molecular complexity index is 711. The molecule has 0 aromatic carbocycles. The van der Waals surface area contributed by atoms with E-state index in [1.165, 1.54) is 0 Å². The second kappa shape index (κ2) is 4.78. The molecule has 3 aromatic rings. The summed E-state index contributed by atoms with van der Waals surface area (Å²) >= 11 is 6.08. The fourth-order valence-corrected chi connectivity index (χ4v) is 2.10. The van der Waals surface area contributed by atoms with E-state index in [1.54, 1.807) is 30.2 Å². The predicted octanol–water partition coefficient (Wildman–Crippen LogP) is 3.13. The summed E-state index contributed by atoms with van der Waals surface area (Å²) in [7, 11) is 1.61. The van der Waals surface area contributed by atoms with Gasteiger partial charge in [0.15, 0.2) is 0 Å². The first kappa shape index (κ1) is 11.8. The van der Waals surface area contributed by atoms with Gasteiger partial charge in [0, 0.05) is 24.1 Å². The minimum absolute atomic E-state index is 0.562. The summed E-state index contributed by atoms with van der Waals surface area (Å²) in [5.74, 6) is 0.668. The zero-order chi connectivity index (χ0) is 13.2. The molecule has 0 saturated carbocycles. The van der Waals surface area contributed by atoms with Crippen molar-refractivity contribution in [3.8, 4) is 5.75 Å². The van der Waals surface area contributed by atoms with Crippen LogP contribution in [-0.4, -0.2) is 21.7 Å². The molecule has 3 heterocycles. The van der Waals surface area contributed by atoms with Gasteiger partial charge in [-0.15, -0.1) is 0 Å². The summed E-state index contributed by atoms with van der Waals surface area (Å²) in [6.45, 7) is 0. The van der Waals surface area contributed by atoms with Gasteiger partial charge in [-0.05, 0) is 12.1 Å². The third-order valence-electron chi connectivity index (χ3n) is 2.72. The fourth-order valence-electron chi connectivity index (χ4n) is 1.87. The quantitative estimate of drug-likeness (QED) is 0.797. The Morgan fingerprint density at radius 3 is 2.79 bits per heavy atom. The van der Waals surface area contributed by atoms with E-state index in [4.69, 9.17) is 16.3 Å². The second-order valence-electron chi connectivity index (χ2n) is 3.94. The lowest BCUT2D eigenvalue weighted by Crippen LogP contribution is -1.97. The molecule has 3 aromatic heterocycles. The highest BCUT2D eigenvalue weighted by molar-refractivity contribution is 6.34. The van der Waals surface area contributed by atoms with E-state index >= 15 is 0 Å². The molecule has 1 N–H and O–H groups in total. The van der Waals surface area contributed by atoms with Crippen molar-refractivity contribution in [3.63, 3.8) is 0 Å². The molecule has 6 heteroatoms. The molecule has 0 saturated heterocycles. The van der Waals surface area contributed by atoms with Crippen LogP contribution >= 0.6 is 11.6 Å². The largest absolute Gasteiger partial charge is 0.494 e. The van der Waals surface area contributed by atoms with E-state index in [9.17, 15) is 0 Å². The predicted molar refractivity (Wildman–Crippen MR) is 74.3 cm³/mol. The first-order valence-electron chi connectivity index (χ1n) is 5.66. The molecular weight excluding hydrogens is 264 g/mol. The van der Waals surface area contributed by atoms with Crippen molar-refractivity contribution in [2.45, 2.75) is 0 Å². The van der Waals surface area contributed by atoms with Gasteiger partial charge in [-0.3, -0.25) is 4.98 Å². The third-order valence-corrected chi connectivity index (χ3v) is 3.00. The molecule has 3 rings (SSSR count). The minimum atomic E-state index is 0.562. The molecule has 0 fully saturated rings. The van der Waals surface area contributed by atoms with Crippen molar-refractivity contribution in [3.05, 3.63) is 48.0 Å². The number of hydrogen-bond acceptors (Lipinski definition) is 4. The second-order valence-corrected chi connectivity index (χ2v) is 4.35. The van der Waals surface area contributed by atoms with Crippen LogP contribution in [-0.2, 0) is 0 Å². The van der Waals surface area contributed by atoms with Crippen molar-refractivity contribution in [2.24, 2.45) is 0 Å². The van der Waals surface area contributed by atoms with Crippen molar-refractivity contribution < 1.29 is 4.74 Å². The van der Waals surface area contributed by atoms with E-state index in [2.05, 4.69) is 15.4 Å². The number of halogens is 1. The molecule has 0 spiro atoms. The topological polar surface area (TPSA) is 51.5 Å². The standard InChI is InChI=1S/C13H11ClN4O/c1-19-12-6-10(17-9-2-4-15-5-3-9)8-18-13(12)11(14)7-16-18/h2-8H,1H3,(H,15,17). The normalized spacial score (nSPS) is 10.6. The van der Waals surface area contributed by atoms with Crippen molar-refractivity contribution >= 4 is 28.5 Å². The van der Waals surface area contributed by atoms with Crippen LogP contribution in [0.15, 0.2) is 43.0 Å². The first-order chi connectivity index (χ1) is 9.28. The number of rotatable bonds is 3. The lowest BCUT2D eigenvalue weighted by molar-refractivity contribution is 0.418. The summed E-state index contributed by atoms with van der Waals surface area (Å²) in [4.78, 5) is 3.97. The smallest absolute Gasteiger partial charge is 0.148 e. The van der Waals surface area contributed by atoms with E-state index < -0.39 is 0 Å². The zero-order valence-electron chi connectivity index (χ0n) is 10.2. The Morgan fingerprint density at radius 1 is 1.26 bits per heavy atom. The Kier molecular flexibility index (Phi) is 2.97. The maximum atomic E-state index is 6.08. The summed E-state index contributed by atoms with van der Waals surface area (Å²) in [5, 5.41) is 8.00. The molecule has 0 aliphatic carbocycles. The van der Waals surface area contributed by atoms with Crippen LogP contribution in [0.2, 0.25) is 5.02 Å². The van der Waals surface area contributed by atoms with E-state index in [1.807, 2.05) is 24.4 Å². The monoisotopic (exact) mass is 274 g/mol. The molecule has 0 aliphatic heterocycles. The van der Waals surface area contributed by atoms with Gasteiger partial charge in [0.25, 0.3) is 0 Å². The number of hydrogen-bond donors (Lipinski definition) is 1. The maximum absolute atomic E-state index is 6.08. The number of methoxy groups -OCH3 is 1. The van der Waals surface area contributed by atoms with Gasteiger partial charge in [-0.2, -0.15) is 5.10 Å². The van der Waals surface area contributed by atoms with Gasteiger partial charge in [-0.1, -0.05) is 11.6 Å². The van der Waals surface area contributed by atoms with Crippen molar-refractivity contribution in [1.82, 2.24) is 14.6 Å². The number of nitrogens with zero attached hydrogens (tertiary/aromatic N) is 3. The number of nitrogens with one attached hydrogen (secondary N) is 1. The molecular formula is C13H11ClN4O. The fraction of sp³-hybridized carbons (Fsp3) is 0.0769. The molecule has 96 valence electrons. The number of aromatic nitrogens is 3. The van der Waals surface area contributed by atoms with Crippen LogP contribution in [0.3, 0.4) is 0 Å². The van der Waals surface area contributed by atoms with Gasteiger partial charge in [-0.25, -0.2) is 4.52 Å². The van der Waals surface area contributed by atoms with Crippen LogP contribution in [0.25, 0.3) is 5.52 Å². The lowest BCUT2D eigenvalue weighted by atomic mass is 10.3. The summed E-state index contributed by atoms with van der Waals surface area (Å²) in [5.41, 5.74) is 2.55. The molecule has 0 aliphatic rings. The molecule has 0 atom stereocenters. The van der Waals surface area contributed by atoms with Crippen molar-refractivity contribution in [2.75, 3.05) is 12.4 Å². The Morgan fingerprint density at radius 2 is 2.05 bits per heavy atom. The van der Waals surface area contributed by atoms with Crippen LogP contribution in [0, 0.1) is 0 Å². The minimum Gasteiger partial charge on any atom is -0.494 e. The molecule has 19 heavy (non-hydrogen) atoms.